The summed E-state index contributed by atoms with van der Waals surface area (Å²) in [5, 5.41) is 26.4. The lowest BCUT2D eigenvalue weighted by Crippen LogP contribution is -2.27. The number of aliphatic hydroxyl groups is 2. The molecule has 0 aromatic heterocycles. The van der Waals surface area contributed by atoms with Crippen molar-refractivity contribution < 1.29 is 10.2 Å². The zero-order chi connectivity index (χ0) is 42.5. The van der Waals surface area contributed by atoms with Crippen LogP contribution in [0.2, 0.25) is 0 Å². The van der Waals surface area contributed by atoms with Gasteiger partial charge in [0.25, 0.3) is 0 Å². The molecule has 2 heteroatoms. The summed E-state index contributed by atoms with van der Waals surface area (Å²) < 4.78 is 0. The average Bonchev–Trinajstić information content (AvgIpc) is 3.74. The summed E-state index contributed by atoms with van der Waals surface area (Å²) in [6.45, 7) is 4.55. The molecule has 7 aromatic carbocycles. The quantitative estimate of drug-likeness (QED) is 0.0847. The second kappa shape index (κ2) is 18.4. The lowest BCUT2D eigenvalue weighted by Gasteiger charge is -2.30. The Morgan fingerprint density at radius 3 is 0.935 bits per heavy atom. The minimum Gasteiger partial charge on any atom is -0.376 e. The van der Waals surface area contributed by atoms with E-state index in [4.69, 9.17) is 0 Å². The molecular weight excluding hydrogens is 753 g/mol. The third kappa shape index (κ3) is 7.67. The lowest BCUT2D eigenvalue weighted by molar-refractivity contribution is 0.131. The van der Waals surface area contributed by atoms with E-state index in [0.29, 0.717) is 0 Å². The van der Waals surface area contributed by atoms with Crippen LogP contribution in [0.3, 0.4) is 0 Å². The fraction of sp³-hybridized carbons (Fsp3) is 0.300. The van der Waals surface area contributed by atoms with Gasteiger partial charge in [0.2, 0.25) is 0 Å². The van der Waals surface area contributed by atoms with E-state index in [1.165, 1.54) is 75.3 Å². The van der Waals surface area contributed by atoms with Gasteiger partial charge in [0, 0.05) is 33.4 Å². The second-order valence-electron chi connectivity index (χ2n) is 18.0. The van der Waals surface area contributed by atoms with E-state index < -0.39 is 11.2 Å². The average molecular weight is 815 g/mol. The fourth-order valence-corrected chi connectivity index (χ4v) is 10.7. The van der Waals surface area contributed by atoms with Crippen molar-refractivity contribution in [2.24, 2.45) is 0 Å². The largest absolute Gasteiger partial charge is 0.376 e. The molecule has 0 unspecified atom stereocenters. The Labute approximate surface area is 370 Å². The number of benzene rings is 7. The SMILES string of the molecule is CCCCCCCCc1ccc(C2(O)c3ccccc3-c3ccccc32)c(-c2ccc(-c3cc(CCCCCCCC)ccc3C3(O)c4ccccc4-c4ccccc43)cc2)c1. The van der Waals surface area contributed by atoms with Crippen LogP contribution >= 0.6 is 0 Å². The lowest BCUT2D eigenvalue weighted by atomic mass is 9.78. The second-order valence-corrected chi connectivity index (χ2v) is 18.0. The van der Waals surface area contributed by atoms with Crippen molar-refractivity contribution >= 4 is 0 Å². The number of unbranched alkanes of at least 4 members (excludes halogenated alkanes) is 10. The predicted octanol–water partition coefficient (Wildman–Crippen LogP) is 15.4. The molecule has 2 nitrogen and oxygen atoms in total. The molecule has 0 atom stereocenters. The maximum absolute atomic E-state index is 13.2. The summed E-state index contributed by atoms with van der Waals surface area (Å²) in [7, 11) is 0. The molecule has 0 spiro atoms. The molecule has 2 N–H and O–H groups in total. The topological polar surface area (TPSA) is 40.5 Å². The normalized spacial score (nSPS) is 14.0. The van der Waals surface area contributed by atoms with Gasteiger partial charge in [-0.25, -0.2) is 0 Å². The first kappa shape index (κ1) is 41.8. The van der Waals surface area contributed by atoms with Crippen LogP contribution in [0.4, 0.5) is 0 Å². The number of aryl methyl sites for hydroxylation is 2. The summed E-state index contributed by atoms with van der Waals surface area (Å²) in [5.41, 5.74) is 14.2. The Hall–Kier alpha value is -5.54. The maximum Gasteiger partial charge on any atom is 0.142 e. The maximum atomic E-state index is 13.2. The van der Waals surface area contributed by atoms with Crippen LogP contribution in [-0.2, 0) is 24.0 Å². The van der Waals surface area contributed by atoms with Gasteiger partial charge >= 0.3 is 0 Å². The first-order valence-corrected chi connectivity index (χ1v) is 23.7. The summed E-state index contributed by atoms with van der Waals surface area (Å²) in [4.78, 5) is 0. The smallest absolute Gasteiger partial charge is 0.142 e. The van der Waals surface area contributed by atoms with Crippen molar-refractivity contribution in [3.8, 4) is 44.5 Å². The molecule has 0 saturated heterocycles. The van der Waals surface area contributed by atoms with E-state index >= 15 is 0 Å². The number of hydrogen-bond donors (Lipinski definition) is 2. The van der Waals surface area contributed by atoms with Crippen molar-refractivity contribution in [1.82, 2.24) is 0 Å². The molecule has 0 fully saturated rings. The van der Waals surface area contributed by atoms with E-state index in [2.05, 4.69) is 147 Å². The van der Waals surface area contributed by atoms with Crippen molar-refractivity contribution in [3.63, 3.8) is 0 Å². The monoisotopic (exact) mass is 814 g/mol. The van der Waals surface area contributed by atoms with Gasteiger partial charge in [-0.1, -0.05) is 236 Å². The van der Waals surface area contributed by atoms with Crippen molar-refractivity contribution in [1.29, 1.82) is 0 Å². The van der Waals surface area contributed by atoms with E-state index in [0.717, 1.165) is 104 Å². The molecular formula is C60H62O2. The first-order chi connectivity index (χ1) is 30.5. The van der Waals surface area contributed by atoms with Crippen molar-refractivity contribution in [2.45, 2.75) is 115 Å². The van der Waals surface area contributed by atoms with Crippen LogP contribution in [0.15, 0.2) is 158 Å². The number of fused-ring (bicyclic) bond motifs is 6. The van der Waals surface area contributed by atoms with Gasteiger partial charge in [-0.15, -0.1) is 0 Å². The first-order valence-electron chi connectivity index (χ1n) is 23.7. The molecule has 0 aliphatic heterocycles. The van der Waals surface area contributed by atoms with Crippen LogP contribution in [0.1, 0.15) is 135 Å². The molecule has 62 heavy (non-hydrogen) atoms. The van der Waals surface area contributed by atoms with E-state index in [1.54, 1.807) is 0 Å². The summed E-state index contributed by atoms with van der Waals surface area (Å²) in [5.74, 6) is 0. The molecule has 0 heterocycles. The van der Waals surface area contributed by atoms with Crippen LogP contribution < -0.4 is 0 Å². The zero-order valence-corrected chi connectivity index (χ0v) is 36.8. The molecule has 9 rings (SSSR count). The third-order valence-corrected chi connectivity index (χ3v) is 13.9. The summed E-state index contributed by atoms with van der Waals surface area (Å²) in [6.07, 6.45) is 17.1. The Bertz CT molecular complexity index is 2370. The fourth-order valence-electron chi connectivity index (χ4n) is 10.7. The van der Waals surface area contributed by atoms with Crippen LogP contribution in [0.25, 0.3) is 44.5 Å². The molecule has 0 radical (unpaired) electrons. The molecule has 7 aromatic rings. The molecule has 2 aliphatic rings. The highest BCUT2D eigenvalue weighted by Gasteiger charge is 2.45. The number of rotatable bonds is 18. The molecule has 2 aliphatic carbocycles. The third-order valence-electron chi connectivity index (χ3n) is 13.9. The van der Waals surface area contributed by atoms with Gasteiger partial charge in [-0.05, 0) is 81.3 Å². The van der Waals surface area contributed by atoms with E-state index in [-0.39, 0.29) is 0 Å². The zero-order valence-electron chi connectivity index (χ0n) is 36.8. The minimum atomic E-state index is -1.30. The van der Waals surface area contributed by atoms with Gasteiger partial charge in [0.05, 0.1) is 0 Å². The van der Waals surface area contributed by atoms with Gasteiger partial charge in [-0.2, -0.15) is 0 Å². The predicted molar refractivity (Wildman–Crippen MR) is 259 cm³/mol. The highest BCUT2D eigenvalue weighted by molar-refractivity contribution is 5.87. The Balaban J connectivity index is 1.14. The molecule has 0 saturated carbocycles. The molecule has 314 valence electrons. The Morgan fingerprint density at radius 2 is 0.597 bits per heavy atom. The van der Waals surface area contributed by atoms with Gasteiger partial charge < -0.3 is 10.2 Å². The van der Waals surface area contributed by atoms with Crippen molar-refractivity contribution in [3.05, 3.63) is 202 Å². The van der Waals surface area contributed by atoms with Crippen LogP contribution in [-0.4, -0.2) is 10.2 Å². The highest BCUT2D eigenvalue weighted by Crippen LogP contribution is 2.54. The Kier molecular flexibility index (Phi) is 12.4. The Morgan fingerprint density at radius 1 is 0.306 bits per heavy atom. The minimum absolute atomic E-state index is 0.907. The van der Waals surface area contributed by atoms with E-state index in [9.17, 15) is 10.2 Å². The van der Waals surface area contributed by atoms with Crippen molar-refractivity contribution in [2.75, 3.05) is 0 Å². The highest BCUT2D eigenvalue weighted by atomic mass is 16.3. The van der Waals surface area contributed by atoms with Gasteiger partial charge in [0.15, 0.2) is 0 Å². The number of hydrogen-bond acceptors (Lipinski definition) is 2. The summed E-state index contributed by atoms with van der Waals surface area (Å²) in [6, 6.07) is 55.9. The van der Waals surface area contributed by atoms with E-state index in [1.807, 2.05) is 24.3 Å². The van der Waals surface area contributed by atoms with Crippen LogP contribution in [0.5, 0.6) is 0 Å². The van der Waals surface area contributed by atoms with Gasteiger partial charge in [0.1, 0.15) is 11.2 Å². The van der Waals surface area contributed by atoms with Gasteiger partial charge in [-0.3, -0.25) is 0 Å². The molecule has 0 bridgehead atoms. The molecule has 0 amide bonds. The summed E-state index contributed by atoms with van der Waals surface area (Å²) >= 11 is 0. The standard InChI is InChI=1S/C60H62O2/c1-3-5-7-9-11-13-23-43-33-39-57(59(61)53-29-19-15-25-47(53)48-26-16-20-30-54(48)59)51(41-43)45-35-37-46(38-36-45)52-42-44(24-14-12-10-8-6-4-2)34-40-58(52)60(62)55-31-21-17-27-49(55)50-28-18-22-32-56(50)60/h15-22,25-42,61-62H,3-14,23-24H2,1-2H3. The van der Waals surface area contributed by atoms with Crippen LogP contribution in [0, 0.1) is 0 Å².